The van der Waals surface area contributed by atoms with Gasteiger partial charge in [-0.25, -0.2) is 0 Å². The summed E-state index contributed by atoms with van der Waals surface area (Å²) in [6.45, 7) is 6.43. The molecule has 1 aromatic carbocycles. The summed E-state index contributed by atoms with van der Waals surface area (Å²) in [5, 5.41) is 12.1. The lowest BCUT2D eigenvalue weighted by Gasteiger charge is -2.32. The molecule has 0 saturated carbocycles. The number of piperidine rings is 1. The van der Waals surface area contributed by atoms with Crippen LogP contribution in [0.4, 0.5) is 0 Å². The van der Waals surface area contributed by atoms with Gasteiger partial charge in [-0.05, 0) is 42.9 Å². The minimum absolute atomic E-state index is 0.143. The van der Waals surface area contributed by atoms with E-state index in [0.717, 1.165) is 68.5 Å². The molecule has 0 radical (unpaired) electrons. The third-order valence-corrected chi connectivity index (χ3v) is 6.11. The average molecular weight is 372 g/mol. The van der Waals surface area contributed by atoms with Crippen LogP contribution in [0.5, 0.6) is 0 Å². The molecule has 4 rings (SSSR count). The van der Waals surface area contributed by atoms with E-state index in [1.165, 1.54) is 4.90 Å². The highest BCUT2D eigenvalue weighted by molar-refractivity contribution is 7.99. The Bertz CT molecular complexity index is 765. The number of aromatic nitrogens is 3. The number of carbonyl (C=O) groups excluding carboxylic acids is 1. The molecule has 1 amide bonds. The highest BCUT2D eigenvalue weighted by Crippen LogP contribution is 2.28. The van der Waals surface area contributed by atoms with Crippen LogP contribution in [-0.2, 0) is 13.1 Å². The van der Waals surface area contributed by atoms with E-state index < -0.39 is 0 Å². The van der Waals surface area contributed by atoms with E-state index in [4.69, 9.17) is 0 Å². The lowest BCUT2D eigenvalue weighted by molar-refractivity contribution is 0.0710. The first-order valence-corrected chi connectivity index (χ1v) is 10.4. The number of rotatable bonds is 4. The number of thioether (sulfide) groups is 1. The molecular formula is C19H25N5OS. The zero-order valence-electron chi connectivity index (χ0n) is 15.1. The van der Waals surface area contributed by atoms with Crippen LogP contribution in [0.3, 0.4) is 0 Å². The minimum atomic E-state index is 0.143. The van der Waals surface area contributed by atoms with Crippen LogP contribution in [0.1, 0.15) is 47.7 Å². The van der Waals surface area contributed by atoms with Crippen LogP contribution in [0.15, 0.2) is 29.2 Å². The molecule has 7 heteroatoms. The summed E-state index contributed by atoms with van der Waals surface area (Å²) >= 11 is 1.80. The van der Waals surface area contributed by atoms with E-state index >= 15 is 0 Å². The van der Waals surface area contributed by atoms with Gasteiger partial charge in [-0.3, -0.25) is 4.79 Å². The lowest BCUT2D eigenvalue weighted by atomic mass is 9.95. The zero-order valence-corrected chi connectivity index (χ0v) is 16.0. The van der Waals surface area contributed by atoms with E-state index in [2.05, 4.69) is 27.0 Å². The maximum absolute atomic E-state index is 12.8. The molecule has 6 nitrogen and oxygen atoms in total. The summed E-state index contributed by atoms with van der Waals surface area (Å²) in [5.41, 5.74) is 0.787. The van der Waals surface area contributed by atoms with Gasteiger partial charge < -0.3 is 14.8 Å². The van der Waals surface area contributed by atoms with Crippen LogP contribution in [0.25, 0.3) is 0 Å². The Morgan fingerprint density at radius 3 is 2.69 bits per heavy atom. The normalized spacial score (nSPS) is 18.0. The van der Waals surface area contributed by atoms with Crippen molar-refractivity contribution >= 4 is 17.7 Å². The smallest absolute Gasteiger partial charge is 0.253 e. The molecule has 1 N–H and O–H groups in total. The number of amides is 1. The molecule has 1 aromatic heterocycles. The second-order valence-electron chi connectivity index (χ2n) is 6.83. The molecule has 1 saturated heterocycles. The number of hydrogen-bond donors (Lipinski definition) is 1. The van der Waals surface area contributed by atoms with Gasteiger partial charge in [-0.2, -0.15) is 0 Å². The predicted octanol–water partition coefficient (Wildman–Crippen LogP) is 2.51. The first kappa shape index (κ1) is 17.5. The standard InChI is InChI=1S/C19H25N5OS/c1-2-26-16-5-3-15(4-6-16)19(25)23-10-7-14(8-11-23)18-22-21-17-13-20-9-12-24(17)18/h3-6,14,20H,2,7-13H2,1H3. The van der Waals surface area contributed by atoms with Gasteiger partial charge in [0.2, 0.25) is 0 Å². The second-order valence-corrected chi connectivity index (χ2v) is 8.16. The van der Waals surface area contributed by atoms with Gasteiger partial charge >= 0.3 is 0 Å². The third kappa shape index (κ3) is 3.50. The van der Waals surface area contributed by atoms with E-state index in [1.54, 1.807) is 11.8 Å². The van der Waals surface area contributed by atoms with E-state index in [1.807, 2.05) is 29.2 Å². The number of nitrogens with one attached hydrogen (secondary N) is 1. The summed E-state index contributed by atoms with van der Waals surface area (Å²) in [6.07, 6.45) is 1.92. The average Bonchev–Trinajstić information content (AvgIpc) is 3.13. The van der Waals surface area contributed by atoms with Crippen molar-refractivity contribution in [1.82, 2.24) is 25.0 Å². The Hall–Kier alpha value is -1.86. The Balaban J connectivity index is 1.38. The first-order valence-electron chi connectivity index (χ1n) is 9.41. The van der Waals surface area contributed by atoms with Crippen molar-refractivity contribution in [3.05, 3.63) is 41.5 Å². The summed E-state index contributed by atoms with van der Waals surface area (Å²) in [4.78, 5) is 16.0. The molecule has 0 unspecified atom stereocenters. The fourth-order valence-corrected chi connectivity index (χ4v) is 4.46. The van der Waals surface area contributed by atoms with Gasteiger partial charge in [0.1, 0.15) is 11.6 Å². The molecule has 1 fully saturated rings. The predicted molar refractivity (Wildman–Crippen MR) is 102 cm³/mol. The molecule has 2 aliphatic heterocycles. The second kappa shape index (κ2) is 7.80. The van der Waals surface area contributed by atoms with E-state index in [-0.39, 0.29) is 5.91 Å². The number of benzene rings is 1. The molecule has 0 spiro atoms. The molecule has 0 aliphatic carbocycles. The molecule has 3 heterocycles. The SMILES string of the molecule is CCSc1ccc(C(=O)N2CCC(c3nnc4n3CCNC4)CC2)cc1. The zero-order chi connectivity index (χ0) is 17.9. The van der Waals surface area contributed by atoms with Gasteiger partial charge in [0, 0.05) is 42.6 Å². The van der Waals surface area contributed by atoms with Gasteiger partial charge in [0.15, 0.2) is 0 Å². The molecule has 0 bridgehead atoms. The van der Waals surface area contributed by atoms with Crippen LogP contribution >= 0.6 is 11.8 Å². The Kier molecular flexibility index (Phi) is 5.26. The molecular weight excluding hydrogens is 346 g/mol. The highest BCUT2D eigenvalue weighted by Gasteiger charge is 2.29. The highest BCUT2D eigenvalue weighted by atomic mass is 32.2. The Labute approximate surface area is 158 Å². The van der Waals surface area contributed by atoms with Crippen molar-refractivity contribution in [3.8, 4) is 0 Å². The number of likely N-dealkylation sites (tertiary alicyclic amines) is 1. The molecule has 2 aliphatic rings. The number of hydrogen-bond acceptors (Lipinski definition) is 5. The van der Waals surface area contributed by atoms with E-state index in [0.29, 0.717) is 5.92 Å². The summed E-state index contributed by atoms with van der Waals surface area (Å²) in [7, 11) is 0. The quantitative estimate of drug-likeness (QED) is 0.837. The Morgan fingerprint density at radius 1 is 1.19 bits per heavy atom. The molecule has 26 heavy (non-hydrogen) atoms. The lowest BCUT2D eigenvalue weighted by Crippen LogP contribution is -2.38. The monoisotopic (exact) mass is 371 g/mol. The van der Waals surface area contributed by atoms with Crippen LogP contribution in [-0.4, -0.2) is 51.0 Å². The van der Waals surface area contributed by atoms with E-state index in [9.17, 15) is 4.79 Å². The van der Waals surface area contributed by atoms with Crippen molar-refractivity contribution in [2.75, 3.05) is 25.4 Å². The maximum atomic E-state index is 12.8. The molecule has 2 aromatic rings. The largest absolute Gasteiger partial charge is 0.339 e. The van der Waals surface area contributed by atoms with Gasteiger partial charge in [0.05, 0.1) is 6.54 Å². The van der Waals surface area contributed by atoms with Crippen molar-refractivity contribution in [2.24, 2.45) is 0 Å². The summed E-state index contributed by atoms with van der Waals surface area (Å²) < 4.78 is 2.27. The number of carbonyl (C=O) groups is 1. The van der Waals surface area contributed by atoms with Crippen LogP contribution < -0.4 is 5.32 Å². The van der Waals surface area contributed by atoms with Gasteiger partial charge in [-0.15, -0.1) is 22.0 Å². The van der Waals surface area contributed by atoms with Gasteiger partial charge in [0.25, 0.3) is 5.91 Å². The molecule has 0 atom stereocenters. The molecule has 138 valence electrons. The summed E-state index contributed by atoms with van der Waals surface area (Å²) in [6, 6.07) is 8.00. The summed E-state index contributed by atoms with van der Waals surface area (Å²) in [5.74, 6) is 3.73. The van der Waals surface area contributed by atoms with Crippen molar-refractivity contribution in [3.63, 3.8) is 0 Å². The van der Waals surface area contributed by atoms with Crippen LogP contribution in [0.2, 0.25) is 0 Å². The topological polar surface area (TPSA) is 63.1 Å². The number of nitrogens with zero attached hydrogens (tertiary/aromatic N) is 4. The van der Waals surface area contributed by atoms with Crippen molar-refractivity contribution in [1.29, 1.82) is 0 Å². The first-order chi connectivity index (χ1) is 12.8. The van der Waals surface area contributed by atoms with Crippen molar-refractivity contribution < 1.29 is 4.79 Å². The van der Waals surface area contributed by atoms with Gasteiger partial charge in [-0.1, -0.05) is 6.92 Å². The van der Waals surface area contributed by atoms with Crippen LogP contribution in [0, 0.1) is 0 Å². The Morgan fingerprint density at radius 2 is 1.96 bits per heavy atom. The van der Waals surface area contributed by atoms with Crippen molar-refractivity contribution in [2.45, 2.75) is 43.7 Å². The fraction of sp³-hybridized carbons (Fsp3) is 0.526. The fourth-order valence-electron chi connectivity index (χ4n) is 3.80. The minimum Gasteiger partial charge on any atom is -0.339 e. The maximum Gasteiger partial charge on any atom is 0.253 e. The number of fused-ring (bicyclic) bond motifs is 1. The third-order valence-electron chi connectivity index (χ3n) is 5.21.